The van der Waals surface area contributed by atoms with Crippen LogP contribution >= 0.6 is 0 Å². The monoisotopic (exact) mass is 326 g/mol. The summed E-state index contributed by atoms with van der Waals surface area (Å²) >= 11 is 0. The first kappa shape index (κ1) is 16.2. The zero-order valence-corrected chi connectivity index (χ0v) is 14.1. The third kappa shape index (κ3) is 3.82. The standard InChI is InChI=1S/C18H22N4O2/c1-3-24-15-8-6-14(7-9-15)21-17-12-16(19-13(2)20-17)18(23)22-10-4-5-11-22/h6-9,12H,3-5,10-11H2,1-2H3,(H,19,20,21). The van der Waals surface area contributed by atoms with Crippen molar-refractivity contribution in [3.63, 3.8) is 0 Å². The molecule has 1 N–H and O–H groups in total. The first-order valence-electron chi connectivity index (χ1n) is 8.30. The Morgan fingerprint density at radius 1 is 1.21 bits per heavy atom. The lowest BCUT2D eigenvalue weighted by Gasteiger charge is -2.15. The van der Waals surface area contributed by atoms with Crippen LogP contribution in [0.4, 0.5) is 11.5 Å². The van der Waals surface area contributed by atoms with E-state index in [0.29, 0.717) is 23.9 Å². The molecule has 24 heavy (non-hydrogen) atoms. The summed E-state index contributed by atoms with van der Waals surface area (Å²) in [5.41, 5.74) is 1.33. The van der Waals surface area contributed by atoms with Gasteiger partial charge >= 0.3 is 0 Å². The van der Waals surface area contributed by atoms with E-state index in [-0.39, 0.29) is 5.91 Å². The summed E-state index contributed by atoms with van der Waals surface area (Å²) in [5.74, 6) is 2.00. The topological polar surface area (TPSA) is 67.3 Å². The second-order valence-corrected chi connectivity index (χ2v) is 5.77. The Bertz CT molecular complexity index is 709. The highest BCUT2D eigenvalue weighted by Gasteiger charge is 2.21. The number of hydrogen-bond acceptors (Lipinski definition) is 5. The van der Waals surface area contributed by atoms with Crippen molar-refractivity contribution < 1.29 is 9.53 Å². The molecule has 0 spiro atoms. The molecule has 1 aliphatic rings. The largest absolute Gasteiger partial charge is 0.494 e. The van der Waals surface area contributed by atoms with Crippen LogP contribution in [0.1, 0.15) is 36.1 Å². The molecule has 1 saturated heterocycles. The smallest absolute Gasteiger partial charge is 0.272 e. The molecule has 1 fully saturated rings. The second kappa shape index (κ2) is 7.29. The highest BCUT2D eigenvalue weighted by Crippen LogP contribution is 2.20. The van der Waals surface area contributed by atoms with Crippen molar-refractivity contribution in [2.45, 2.75) is 26.7 Å². The zero-order valence-electron chi connectivity index (χ0n) is 14.1. The minimum atomic E-state index is -0.0206. The molecule has 2 heterocycles. The van der Waals surface area contributed by atoms with Gasteiger partial charge in [-0.05, 0) is 51.0 Å². The number of anilines is 2. The summed E-state index contributed by atoms with van der Waals surface area (Å²) in [6.07, 6.45) is 2.13. The van der Waals surface area contributed by atoms with E-state index in [4.69, 9.17) is 4.74 Å². The fraction of sp³-hybridized carbons (Fsp3) is 0.389. The van der Waals surface area contributed by atoms with E-state index in [1.165, 1.54) is 0 Å². The average molecular weight is 326 g/mol. The molecule has 0 aliphatic carbocycles. The number of benzene rings is 1. The number of carbonyl (C=O) groups is 1. The van der Waals surface area contributed by atoms with E-state index >= 15 is 0 Å². The molecule has 3 rings (SSSR count). The maximum atomic E-state index is 12.5. The molecule has 1 aromatic heterocycles. The van der Waals surface area contributed by atoms with E-state index < -0.39 is 0 Å². The highest BCUT2D eigenvalue weighted by atomic mass is 16.5. The van der Waals surface area contributed by atoms with Crippen molar-refractivity contribution in [2.24, 2.45) is 0 Å². The van der Waals surface area contributed by atoms with Gasteiger partial charge in [0.05, 0.1) is 6.61 Å². The number of likely N-dealkylation sites (tertiary alicyclic amines) is 1. The van der Waals surface area contributed by atoms with Gasteiger partial charge in [0.15, 0.2) is 0 Å². The quantitative estimate of drug-likeness (QED) is 0.914. The number of nitrogens with one attached hydrogen (secondary N) is 1. The predicted molar refractivity (Wildman–Crippen MR) is 92.8 cm³/mol. The highest BCUT2D eigenvalue weighted by molar-refractivity contribution is 5.93. The molecule has 0 radical (unpaired) electrons. The summed E-state index contributed by atoms with van der Waals surface area (Å²) in [6, 6.07) is 9.35. The van der Waals surface area contributed by atoms with Gasteiger partial charge in [-0.15, -0.1) is 0 Å². The Balaban J connectivity index is 1.76. The summed E-state index contributed by atoms with van der Waals surface area (Å²) < 4.78 is 5.43. The number of aryl methyl sites for hydroxylation is 1. The van der Waals surface area contributed by atoms with Crippen molar-refractivity contribution >= 4 is 17.4 Å². The normalized spacial score (nSPS) is 13.8. The van der Waals surface area contributed by atoms with Crippen LogP contribution in [0.5, 0.6) is 5.75 Å². The predicted octanol–water partition coefficient (Wildman–Crippen LogP) is 3.16. The van der Waals surface area contributed by atoms with Crippen molar-refractivity contribution in [3.05, 3.63) is 41.9 Å². The molecule has 6 nitrogen and oxygen atoms in total. The van der Waals surface area contributed by atoms with Gasteiger partial charge in [0.1, 0.15) is 23.1 Å². The zero-order chi connectivity index (χ0) is 16.9. The van der Waals surface area contributed by atoms with Gasteiger partial charge in [-0.25, -0.2) is 9.97 Å². The van der Waals surface area contributed by atoms with Crippen LogP contribution in [-0.4, -0.2) is 40.5 Å². The Morgan fingerprint density at radius 3 is 2.58 bits per heavy atom. The second-order valence-electron chi connectivity index (χ2n) is 5.77. The first-order chi connectivity index (χ1) is 11.7. The van der Waals surface area contributed by atoms with Crippen molar-refractivity contribution in [1.82, 2.24) is 14.9 Å². The van der Waals surface area contributed by atoms with Crippen molar-refractivity contribution in [1.29, 1.82) is 0 Å². The van der Waals surface area contributed by atoms with Gasteiger partial charge in [-0.1, -0.05) is 0 Å². The lowest BCUT2D eigenvalue weighted by Crippen LogP contribution is -2.28. The Morgan fingerprint density at radius 2 is 1.92 bits per heavy atom. The summed E-state index contributed by atoms with van der Waals surface area (Å²) in [7, 11) is 0. The third-order valence-electron chi connectivity index (χ3n) is 3.89. The number of aromatic nitrogens is 2. The molecule has 6 heteroatoms. The van der Waals surface area contributed by atoms with Crippen LogP contribution < -0.4 is 10.1 Å². The number of rotatable bonds is 5. The SMILES string of the molecule is CCOc1ccc(Nc2cc(C(=O)N3CCCC3)nc(C)n2)cc1. The van der Waals surface area contributed by atoms with Gasteiger partial charge in [-0.3, -0.25) is 4.79 Å². The molecular weight excluding hydrogens is 304 g/mol. The Kier molecular flexibility index (Phi) is 4.93. The maximum Gasteiger partial charge on any atom is 0.272 e. The number of amides is 1. The third-order valence-corrected chi connectivity index (χ3v) is 3.89. The molecule has 0 unspecified atom stereocenters. The Hall–Kier alpha value is -2.63. The number of hydrogen-bond donors (Lipinski definition) is 1. The number of nitrogens with zero attached hydrogens (tertiary/aromatic N) is 3. The van der Waals surface area contributed by atoms with Gasteiger partial charge in [0.2, 0.25) is 0 Å². The van der Waals surface area contributed by atoms with E-state index in [0.717, 1.165) is 37.4 Å². The average Bonchev–Trinajstić information content (AvgIpc) is 3.10. The van der Waals surface area contributed by atoms with Gasteiger partial charge in [-0.2, -0.15) is 0 Å². The van der Waals surface area contributed by atoms with Crippen LogP contribution in [0.15, 0.2) is 30.3 Å². The molecule has 1 amide bonds. The summed E-state index contributed by atoms with van der Waals surface area (Å²) in [4.78, 5) is 23.0. The summed E-state index contributed by atoms with van der Waals surface area (Å²) in [6.45, 7) is 6.01. The first-order valence-corrected chi connectivity index (χ1v) is 8.30. The minimum absolute atomic E-state index is 0.0206. The Labute approximate surface area is 141 Å². The van der Waals surface area contributed by atoms with Gasteiger partial charge in [0.25, 0.3) is 5.91 Å². The maximum absolute atomic E-state index is 12.5. The van der Waals surface area contributed by atoms with Crippen LogP contribution in [-0.2, 0) is 0 Å². The van der Waals surface area contributed by atoms with Crippen LogP contribution in [0.2, 0.25) is 0 Å². The molecule has 1 aromatic carbocycles. The van der Waals surface area contributed by atoms with Crippen molar-refractivity contribution in [3.8, 4) is 5.75 Å². The molecule has 0 bridgehead atoms. The summed E-state index contributed by atoms with van der Waals surface area (Å²) in [5, 5.41) is 3.22. The lowest BCUT2D eigenvalue weighted by molar-refractivity contribution is 0.0786. The van der Waals surface area contributed by atoms with E-state index in [1.807, 2.05) is 36.1 Å². The molecule has 1 aliphatic heterocycles. The molecule has 0 atom stereocenters. The fourth-order valence-electron chi connectivity index (χ4n) is 2.77. The molecule has 2 aromatic rings. The molecular formula is C18H22N4O2. The van der Waals surface area contributed by atoms with E-state index in [1.54, 1.807) is 13.0 Å². The van der Waals surface area contributed by atoms with Crippen LogP contribution in [0, 0.1) is 6.92 Å². The molecule has 126 valence electrons. The number of carbonyl (C=O) groups excluding carboxylic acids is 1. The minimum Gasteiger partial charge on any atom is -0.494 e. The molecule has 0 saturated carbocycles. The van der Waals surface area contributed by atoms with Crippen LogP contribution in [0.3, 0.4) is 0 Å². The van der Waals surface area contributed by atoms with Crippen molar-refractivity contribution in [2.75, 3.05) is 25.0 Å². The van der Waals surface area contributed by atoms with Crippen LogP contribution in [0.25, 0.3) is 0 Å². The van der Waals surface area contributed by atoms with Gasteiger partial charge < -0.3 is 15.0 Å². The lowest BCUT2D eigenvalue weighted by atomic mass is 10.3. The van der Waals surface area contributed by atoms with E-state index in [9.17, 15) is 4.79 Å². The number of ether oxygens (including phenoxy) is 1. The van der Waals surface area contributed by atoms with E-state index in [2.05, 4.69) is 15.3 Å². The fourth-order valence-corrected chi connectivity index (χ4v) is 2.77. The van der Waals surface area contributed by atoms with Gasteiger partial charge in [0, 0.05) is 24.8 Å².